The third-order valence-corrected chi connectivity index (χ3v) is 2.32. The zero-order valence-electron chi connectivity index (χ0n) is 7.88. The first kappa shape index (κ1) is 8.30. The quantitative estimate of drug-likeness (QED) is 0.741. The van der Waals surface area contributed by atoms with Crippen molar-refractivity contribution in [1.29, 1.82) is 0 Å². The Kier molecular flexibility index (Phi) is 2.30. The van der Waals surface area contributed by atoms with E-state index in [0.717, 1.165) is 19.4 Å². The third-order valence-electron chi connectivity index (χ3n) is 2.32. The molecular weight excluding hydrogens is 160 g/mol. The monoisotopic (exact) mass is 174 g/mol. The molecule has 0 saturated heterocycles. The average molecular weight is 174 g/mol. The van der Waals surface area contributed by atoms with Crippen LogP contribution in [0, 0.1) is 0 Å². The summed E-state index contributed by atoms with van der Waals surface area (Å²) in [6.45, 7) is 3.21. The molecule has 0 unspecified atom stereocenters. The minimum absolute atomic E-state index is 1.05. The maximum absolute atomic E-state index is 4.22. The predicted octanol–water partition coefficient (Wildman–Crippen LogP) is 1.98. The van der Waals surface area contributed by atoms with Crippen molar-refractivity contribution in [2.45, 2.75) is 19.8 Å². The van der Waals surface area contributed by atoms with Gasteiger partial charge in [-0.3, -0.25) is 4.98 Å². The molecule has 0 aliphatic carbocycles. The van der Waals surface area contributed by atoms with E-state index in [1.54, 1.807) is 0 Å². The second-order valence-corrected chi connectivity index (χ2v) is 3.27. The maximum atomic E-state index is 4.22. The van der Waals surface area contributed by atoms with Crippen LogP contribution in [0.25, 0.3) is 5.70 Å². The molecule has 0 spiro atoms. The Balaban J connectivity index is 2.29. The molecule has 68 valence electrons. The summed E-state index contributed by atoms with van der Waals surface area (Å²) in [6, 6.07) is 2.21. The molecule has 0 fully saturated rings. The normalized spacial score (nSPS) is 15.3. The molecule has 0 aromatic carbocycles. The van der Waals surface area contributed by atoms with Crippen LogP contribution < -0.4 is 5.32 Å². The van der Waals surface area contributed by atoms with E-state index in [0.29, 0.717) is 0 Å². The van der Waals surface area contributed by atoms with Crippen molar-refractivity contribution in [3.8, 4) is 0 Å². The number of hydrogen-bond acceptors (Lipinski definition) is 2. The van der Waals surface area contributed by atoms with E-state index in [9.17, 15) is 0 Å². The summed E-state index contributed by atoms with van der Waals surface area (Å²) < 4.78 is 0. The minimum Gasteiger partial charge on any atom is -0.384 e. The average Bonchev–Trinajstić information content (AvgIpc) is 2.71. The Morgan fingerprint density at radius 1 is 1.46 bits per heavy atom. The van der Waals surface area contributed by atoms with Gasteiger partial charge in [-0.2, -0.15) is 0 Å². The van der Waals surface area contributed by atoms with Crippen molar-refractivity contribution in [2.24, 2.45) is 0 Å². The third kappa shape index (κ3) is 1.72. The van der Waals surface area contributed by atoms with Gasteiger partial charge in [0.2, 0.25) is 0 Å². The van der Waals surface area contributed by atoms with Gasteiger partial charge in [-0.1, -0.05) is 13.0 Å². The molecule has 1 N–H and O–H groups in total. The minimum atomic E-state index is 1.05. The molecule has 0 bridgehead atoms. The first-order valence-corrected chi connectivity index (χ1v) is 4.78. The zero-order valence-corrected chi connectivity index (χ0v) is 7.88. The summed E-state index contributed by atoms with van der Waals surface area (Å²) in [6.07, 6.45) is 8.26. The molecule has 0 saturated carbocycles. The van der Waals surface area contributed by atoms with Gasteiger partial charge < -0.3 is 5.32 Å². The summed E-state index contributed by atoms with van der Waals surface area (Å²) in [5.41, 5.74) is 3.76. The zero-order chi connectivity index (χ0) is 9.10. The van der Waals surface area contributed by atoms with Gasteiger partial charge in [-0.15, -0.1) is 0 Å². The van der Waals surface area contributed by atoms with Crippen LogP contribution >= 0.6 is 0 Å². The summed E-state index contributed by atoms with van der Waals surface area (Å²) in [5, 5.41) is 3.35. The SMILES string of the molecule is CCc1cncc(C2=CCCN2)c1. The Labute approximate surface area is 78.7 Å². The molecule has 2 heterocycles. The summed E-state index contributed by atoms with van der Waals surface area (Å²) in [4.78, 5) is 4.22. The lowest BCUT2D eigenvalue weighted by atomic mass is 10.1. The number of rotatable bonds is 2. The van der Waals surface area contributed by atoms with E-state index in [2.05, 4.69) is 29.4 Å². The van der Waals surface area contributed by atoms with Crippen molar-refractivity contribution < 1.29 is 0 Å². The van der Waals surface area contributed by atoms with Crippen LogP contribution in [-0.2, 0) is 6.42 Å². The summed E-state index contributed by atoms with van der Waals surface area (Å²) in [7, 11) is 0. The van der Waals surface area contributed by atoms with E-state index < -0.39 is 0 Å². The topological polar surface area (TPSA) is 24.9 Å². The highest BCUT2D eigenvalue weighted by atomic mass is 14.9. The van der Waals surface area contributed by atoms with Gasteiger partial charge in [0.15, 0.2) is 0 Å². The molecule has 2 rings (SSSR count). The van der Waals surface area contributed by atoms with Gasteiger partial charge in [0, 0.05) is 30.2 Å². The Bertz CT molecular complexity index is 329. The first-order valence-electron chi connectivity index (χ1n) is 4.78. The van der Waals surface area contributed by atoms with Crippen LogP contribution in [0.2, 0.25) is 0 Å². The molecule has 0 amide bonds. The van der Waals surface area contributed by atoms with Crippen molar-refractivity contribution >= 4 is 5.70 Å². The Hall–Kier alpha value is -1.31. The van der Waals surface area contributed by atoms with E-state index >= 15 is 0 Å². The van der Waals surface area contributed by atoms with Gasteiger partial charge in [-0.25, -0.2) is 0 Å². The smallest absolute Gasteiger partial charge is 0.0389 e. The highest BCUT2D eigenvalue weighted by Crippen LogP contribution is 2.16. The van der Waals surface area contributed by atoms with Crippen LogP contribution in [0.3, 0.4) is 0 Å². The van der Waals surface area contributed by atoms with Gasteiger partial charge in [0.1, 0.15) is 0 Å². The fraction of sp³-hybridized carbons (Fsp3) is 0.364. The molecular formula is C11H14N2. The van der Waals surface area contributed by atoms with Gasteiger partial charge >= 0.3 is 0 Å². The lowest BCUT2D eigenvalue weighted by molar-refractivity contribution is 0.926. The van der Waals surface area contributed by atoms with E-state index in [4.69, 9.17) is 0 Å². The molecule has 2 heteroatoms. The highest BCUT2D eigenvalue weighted by Gasteiger charge is 2.06. The number of hydrogen-bond donors (Lipinski definition) is 1. The van der Waals surface area contributed by atoms with Crippen molar-refractivity contribution in [3.05, 3.63) is 35.7 Å². The maximum Gasteiger partial charge on any atom is 0.0389 e. The molecule has 13 heavy (non-hydrogen) atoms. The molecule has 1 aliphatic heterocycles. The predicted molar refractivity (Wildman–Crippen MR) is 54.2 cm³/mol. The van der Waals surface area contributed by atoms with Gasteiger partial charge in [0.25, 0.3) is 0 Å². The van der Waals surface area contributed by atoms with Gasteiger partial charge in [0.05, 0.1) is 0 Å². The number of nitrogens with one attached hydrogen (secondary N) is 1. The fourth-order valence-electron chi connectivity index (χ4n) is 1.54. The second kappa shape index (κ2) is 3.60. The molecule has 1 aliphatic rings. The van der Waals surface area contributed by atoms with E-state index in [1.807, 2.05) is 12.4 Å². The molecule has 1 aromatic heterocycles. The number of nitrogens with zero attached hydrogens (tertiary/aromatic N) is 1. The van der Waals surface area contributed by atoms with Crippen molar-refractivity contribution in [2.75, 3.05) is 6.54 Å². The van der Waals surface area contributed by atoms with Crippen LogP contribution in [-0.4, -0.2) is 11.5 Å². The molecule has 0 radical (unpaired) electrons. The molecule has 1 aromatic rings. The fourth-order valence-corrected chi connectivity index (χ4v) is 1.54. The van der Waals surface area contributed by atoms with Crippen LogP contribution in [0.15, 0.2) is 24.5 Å². The number of aromatic nitrogens is 1. The van der Waals surface area contributed by atoms with Crippen LogP contribution in [0.4, 0.5) is 0 Å². The Morgan fingerprint density at radius 2 is 2.38 bits per heavy atom. The molecule has 0 atom stereocenters. The summed E-state index contributed by atoms with van der Waals surface area (Å²) in [5.74, 6) is 0. The first-order chi connectivity index (χ1) is 6.40. The highest BCUT2D eigenvalue weighted by molar-refractivity contribution is 5.65. The largest absolute Gasteiger partial charge is 0.384 e. The van der Waals surface area contributed by atoms with E-state index in [-0.39, 0.29) is 0 Å². The number of pyridine rings is 1. The lowest BCUT2D eigenvalue weighted by Gasteiger charge is -2.04. The van der Waals surface area contributed by atoms with Gasteiger partial charge in [-0.05, 0) is 24.5 Å². The lowest BCUT2D eigenvalue weighted by Crippen LogP contribution is -2.06. The van der Waals surface area contributed by atoms with E-state index in [1.165, 1.54) is 16.8 Å². The Morgan fingerprint density at radius 3 is 3.08 bits per heavy atom. The standard InChI is InChI=1S/C11H14N2/c1-2-9-6-10(8-12-7-9)11-4-3-5-13-11/h4,6-8,13H,2-3,5H2,1H3. The molecule has 2 nitrogen and oxygen atoms in total. The summed E-state index contributed by atoms with van der Waals surface area (Å²) >= 11 is 0. The van der Waals surface area contributed by atoms with Crippen molar-refractivity contribution in [3.63, 3.8) is 0 Å². The number of aryl methyl sites for hydroxylation is 1. The van der Waals surface area contributed by atoms with Crippen LogP contribution in [0.5, 0.6) is 0 Å². The second-order valence-electron chi connectivity index (χ2n) is 3.27. The van der Waals surface area contributed by atoms with Crippen LogP contribution in [0.1, 0.15) is 24.5 Å². The van der Waals surface area contributed by atoms with Crippen molar-refractivity contribution in [1.82, 2.24) is 10.3 Å².